The third-order valence-electron chi connectivity index (χ3n) is 4.45. The summed E-state index contributed by atoms with van der Waals surface area (Å²) in [4.78, 5) is 26.5. The van der Waals surface area contributed by atoms with Crippen LogP contribution in [-0.2, 0) is 17.5 Å². The van der Waals surface area contributed by atoms with E-state index in [0.29, 0.717) is 18.9 Å². The van der Waals surface area contributed by atoms with Gasteiger partial charge in [0.25, 0.3) is 0 Å². The molecule has 4 N–H and O–H groups in total. The molecule has 160 valence electrons. The number of halogens is 5. The van der Waals surface area contributed by atoms with Gasteiger partial charge < -0.3 is 21.1 Å². The number of hydrogen-bond donors (Lipinski definition) is 4. The van der Waals surface area contributed by atoms with Crippen LogP contribution in [0.1, 0.15) is 24.1 Å². The minimum atomic E-state index is -4.83. The summed E-state index contributed by atoms with van der Waals surface area (Å²) in [6, 6.07) is 3.21. The molecule has 0 aliphatic heterocycles. The number of hydrogen-bond acceptors (Lipinski definition) is 4. The standard InChI is InChI=1S/C18H15F5N4O3/c19-11-3-1-2-10(18(21,22)23)14(11)26-9-6-12(20)13(24-7-9)8-25-15(28)17(4-5-17)27-16(29)30/h1-3,6-7,26-27H,4-5,8H2,(H,25,28)(H,29,30). The maximum atomic E-state index is 14.3. The number of benzene rings is 1. The summed E-state index contributed by atoms with van der Waals surface area (Å²) in [7, 11) is 0. The van der Waals surface area contributed by atoms with Gasteiger partial charge >= 0.3 is 12.3 Å². The predicted molar refractivity (Wildman–Crippen MR) is 93.9 cm³/mol. The third kappa shape index (κ3) is 4.58. The van der Waals surface area contributed by atoms with Crippen LogP contribution < -0.4 is 16.0 Å². The van der Waals surface area contributed by atoms with Crippen molar-refractivity contribution in [2.24, 2.45) is 0 Å². The average molecular weight is 430 g/mol. The zero-order chi connectivity index (χ0) is 22.1. The highest BCUT2D eigenvalue weighted by atomic mass is 19.4. The van der Waals surface area contributed by atoms with Crippen molar-refractivity contribution in [3.8, 4) is 0 Å². The van der Waals surface area contributed by atoms with Gasteiger partial charge in [0.1, 0.15) is 17.2 Å². The maximum absolute atomic E-state index is 14.3. The van der Waals surface area contributed by atoms with Gasteiger partial charge in [-0.25, -0.2) is 13.6 Å². The van der Waals surface area contributed by atoms with E-state index in [0.717, 1.165) is 24.4 Å². The molecule has 0 radical (unpaired) electrons. The van der Waals surface area contributed by atoms with E-state index in [1.807, 2.05) is 0 Å². The van der Waals surface area contributed by atoms with Gasteiger partial charge in [-0.2, -0.15) is 13.2 Å². The molecule has 0 saturated heterocycles. The van der Waals surface area contributed by atoms with Crippen molar-refractivity contribution >= 4 is 23.4 Å². The summed E-state index contributed by atoms with van der Waals surface area (Å²) in [5.41, 5.74) is -3.85. The monoisotopic (exact) mass is 430 g/mol. The topological polar surface area (TPSA) is 103 Å². The van der Waals surface area contributed by atoms with Gasteiger partial charge in [0.15, 0.2) is 0 Å². The van der Waals surface area contributed by atoms with Crippen LogP contribution in [0, 0.1) is 11.6 Å². The first-order valence-electron chi connectivity index (χ1n) is 8.58. The Kier molecular flexibility index (Phi) is 5.51. The highest BCUT2D eigenvalue weighted by molar-refractivity contribution is 5.92. The lowest BCUT2D eigenvalue weighted by Crippen LogP contribution is -2.48. The molecule has 1 fully saturated rings. The second kappa shape index (κ2) is 7.76. The molecular formula is C18H15F5N4O3. The van der Waals surface area contributed by atoms with Gasteiger partial charge in [0.05, 0.1) is 35.4 Å². The largest absolute Gasteiger partial charge is 0.465 e. The molecule has 0 unspecified atom stereocenters. The van der Waals surface area contributed by atoms with Crippen LogP contribution in [0.2, 0.25) is 0 Å². The van der Waals surface area contributed by atoms with Gasteiger partial charge in [-0.15, -0.1) is 0 Å². The molecule has 7 nitrogen and oxygen atoms in total. The molecule has 2 aromatic rings. The second-order valence-corrected chi connectivity index (χ2v) is 6.63. The van der Waals surface area contributed by atoms with Gasteiger partial charge in [-0.3, -0.25) is 9.78 Å². The number of nitrogens with one attached hydrogen (secondary N) is 3. The first-order valence-corrected chi connectivity index (χ1v) is 8.58. The summed E-state index contributed by atoms with van der Waals surface area (Å²) < 4.78 is 67.3. The normalized spacial score (nSPS) is 14.7. The summed E-state index contributed by atoms with van der Waals surface area (Å²) in [6.07, 6.45) is -4.61. The summed E-state index contributed by atoms with van der Waals surface area (Å²) in [6.45, 7) is -0.374. The number of carbonyl (C=O) groups excluding carboxylic acids is 1. The molecular weight excluding hydrogens is 415 g/mol. The predicted octanol–water partition coefficient (Wildman–Crippen LogP) is 3.54. The summed E-state index contributed by atoms with van der Waals surface area (Å²) in [5.74, 6) is -2.78. The third-order valence-corrected chi connectivity index (χ3v) is 4.45. The fraction of sp³-hybridized carbons (Fsp3) is 0.278. The van der Waals surface area contributed by atoms with Crippen molar-refractivity contribution in [3.05, 3.63) is 53.4 Å². The number of nitrogens with zero attached hydrogens (tertiary/aromatic N) is 1. The summed E-state index contributed by atoms with van der Waals surface area (Å²) in [5, 5.41) is 15.4. The highest BCUT2D eigenvalue weighted by Crippen LogP contribution is 2.37. The minimum absolute atomic E-state index is 0.232. The molecule has 30 heavy (non-hydrogen) atoms. The molecule has 3 rings (SSSR count). The maximum Gasteiger partial charge on any atom is 0.418 e. The first kappa shape index (κ1) is 21.3. The second-order valence-electron chi connectivity index (χ2n) is 6.63. The van der Waals surface area contributed by atoms with Gasteiger partial charge in [0.2, 0.25) is 5.91 Å². The van der Waals surface area contributed by atoms with Crippen LogP contribution in [0.4, 0.5) is 38.1 Å². The average Bonchev–Trinajstić information content (AvgIpc) is 3.41. The van der Waals surface area contributed by atoms with Gasteiger partial charge in [-0.1, -0.05) is 6.07 Å². The van der Waals surface area contributed by atoms with Gasteiger partial charge in [0, 0.05) is 6.07 Å². The number of para-hydroxylation sites is 1. The van der Waals surface area contributed by atoms with E-state index in [4.69, 9.17) is 5.11 Å². The Morgan fingerprint density at radius 1 is 1.17 bits per heavy atom. The molecule has 0 spiro atoms. The molecule has 1 aliphatic carbocycles. The van der Waals surface area contributed by atoms with Crippen LogP contribution in [0.5, 0.6) is 0 Å². The molecule has 1 aromatic carbocycles. The zero-order valence-electron chi connectivity index (χ0n) is 15.1. The molecule has 1 saturated carbocycles. The van der Waals surface area contributed by atoms with Crippen molar-refractivity contribution in [3.63, 3.8) is 0 Å². The number of anilines is 2. The highest BCUT2D eigenvalue weighted by Gasteiger charge is 2.51. The Labute approximate surface area is 166 Å². The quantitative estimate of drug-likeness (QED) is 0.525. The van der Waals surface area contributed by atoms with E-state index in [1.165, 1.54) is 0 Å². The Balaban J connectivity index is 1.71. The van der Waals surface area contributed by atoms with Crippen molar-refractivity contribution in [1.82, 2.24) is 15.6 Å². The number of rotatable bonds is 6. The molecule has 12 heteroatoms. The van der Waals surface area contributed by atoms with Crippen molar-refractivity contribution in [1.29, 1.82) is 0 Å². The van der Waals surface area contributed by atoms with E-state index >= 15 is 0 Å². The SMILES string of the molecule is O=C(O)NC1(C(=O)NCc2ncc(Nc3c(F)cccc3C(F)(F)F)cc2F)CC1. The lowest BCUT2D eigenvalue weighted by Gasteiger charge is -2.16. The fourth-order valence-corrected chi connectivity index (χ4v) is 2.77. The number of carboxylic acid groups (broad SMARTS) is 1. The van der Waals surface area contributed by atoms with E-state index < -0.39 is 46.6 Å². The number of amides is 2. The van der Waals surface area contributed by atoms with Crippen LogP contribution >= 0.6 is 0 Å². The molecule has 1 heterocycles. The molecule has 1 aromatic heterocycles. The molecule has 0 bridgehead atoms. The van der Waals surface area contributed by atoms with E-state index in [1.54, 1.807) is 0 Å². The zero-order valence-corrected chi connectivity index (χ0v) is 15.1. The van der Waals surface area contributed by atoms with E-state index in [2.05, 4.69) is 20.9 Å². The van der Waals surface area contributed by atoms with Crippen molar-refractivity contribution in [2.45, 2.75) is 31.1 Å². The van der Waals surface area contributed by atoms with Crippen LogP contribution in [0.3, 0.4) is 0 Å². The Morgan fingerprint density at radius 2 is 1.87 bits per heavy atom. The van der Waals surface area contributed by atoms with Crippen LogP contribution in [0.25, 0.3) is 0 Å². The lowest BCUT2D eigenvalue weighted by atomic mass is 10.1. The summed E-state index contributed by atoms with van der Waals surface area (Å²) >= 11 is 0. The lowest BCUT2D eigenvalue weighted by molar-refractivity contribution is -0.137. The van der Waals surface area contributed by atoms with Crippen molar-refractivity contribution < 1.29 is 36.6 Å². The van der Waals surface area contributed by atoms with Gasteiger partial charge in [-0.05, 0) is 25.0 Å². The molecule has 2 amide bonds. The Hall–Kier alpha value is -3.44. The van der Waals surface area contributed by atoms with E-state index in [-0.39, 0.29) is 17.9 Å². The number of pyridine rings is 1. The number of aromatic nitrogens is 1. The number of alkyl halides is 3. The van der Waals surface area contributed by atoms with E-state index in [9.17, 15) is 31.5 Å². The molecule has 0 atom stereocenters. The first-order chi connectivity index (χ1) is 14.0. The Bertz CT molecular complexity index is 992. The fourth-order valence-electron chi connectivity index (χ4n) is 2.77. The Morgan fingerprint density at radius 3 is 2.43 bits per heavy atom. The van der Waals surface area contributed by atoms with Crippen molar-refractivity contribution in [2.75, 3.05) is 5.32 Å². The smallest absolute Gasteiger partial charge is 0.418 e. The van der Waals surface area contributed by atoms with Crippen LogP contribution in [0.15, 0.2) is 30.5 Å². The number of carbonyl (C=O) groups is 2. The van der Waals surface area contributed by atoms with Crippen LogP contribution in [-0.4, -0.2) is 27.6 Å². The minimum Gasteiger partial charge on any atom is -0.465 e. The molecule has 1 aliphatic rings.